The number of carbonyl (C=O) groups is 3. The van der Waals surface area contributed by atoms with Crippen LogP contribution in [0.2, 0.25) is 0 Å². The second-order valence-corrected chi connectivity index (χ2v) is 5.69. The number of hydrogen-bond acceptors (Lipinski definition) is 4. The number of hydrogen-bond donors (Lipinski definition) is 4. The molecular weight excluding hydrogens is 310 g/mol. The van der Waals surface area contributed by atoms with Crippen molar-refractivity contribution in [2.24, 2.45) is 5.73 Å². The van der Waals surface area contributed by atoms with Crippen molar-refractivity contribution in [3.05, 3.63) is 29.8 Å². The van der Waals surface area contributed by atoms with Crippen LogP contribution in [0.1, 0.15) is 18.4 Å². The standard InChI is InChI=1S/C16H25N5O3/c1-21(2)10-12-5-7-13(8-6-12)20-15(23)14(19-11-22)4-3-9-18-16(17)24/h5-8,11,14H,3-4,9-10H2,1-2H3,(H,19,22)(H,20,23)(H3,17,18,24)/t14-/m0/s1. The normalized spacial score (nSPS) is 11.6. The predicted molar refractivity (Wildman–Crippen MR) is 92.3 cm³/mol. The van der Waals surface area contributed by atoms with E-state index in [0.29, 0.717) is 31.5 Å². The zero-order chi connectivity index (χ0) is 17.9. The zero-order valence-electron chi connectivity index (χ0n) is 14.0. The molecule has 0 saturated heterocycles. The minimum atomic E-state index is -0.668. The Bertz CT molecular complexity index is 545. The highest BCUT2D eigenvalue weighted by atomic mass is 16.2. The van der Waals surface area contributed by atoms with Crippen molar-refractivity contribution in [3.8, 4) is 0 Å². The molecule has 0 saturated carbocycles. The van der Waals surface area contributed by atoms with Crippen molar-refractivity contribution >= 4 is 24.0 Å². The van der Waals surface area contributed by atoms with Crippen LogP contribution in [0.4, 0.5) is 10.5 Å². The zero-order valence-corrected chi connectivity index (χ0v) is 14.0. The smallest absolute Gasteiger partial charge is 0.312 e. The summed E-state index contributed by atoms with van der Waals surface area (Å²) >= 11 is 0. The Hall–Kier alpha value is -2.61. The molecule has 0 radical (unpaired) electrons. The van der Waals surface area contributed by atoms with Gasteiger partial charge in [-0.05, 0) is 44.6 Å². The van der Waals surface area contributed by atoms with Gasteiger partial charge in [-0.25, -0.2) is 4.79 Å². The molecule has 8 heteroatoms. The fourth-order valence-electron chi connectivity index (χ4n) is 2.18. The Morgan fingerprint density at radius 3 is 2.46 bits per heavy atom. The minimum Gasteiger partial charge on any atom is -0.352 e. The van der Waals surface area contributed by atoms with E-state index in [2.05, 4.69) is 20.9 Å². The number of rotatable bonds is 10. The molecule has 0 spiro atoms. The molecule has 0 aliphatic rings. The van der Waals surface area contributed by atoms with Gasteiger partial charge in [-0.15, -0.1) is 0 Å². The van der Waals surface area contributed by atoms with Gasteiger partial charge in [0, 0.05) is 18.8 Å². The summed E-state index contributed by atoms with van der Waals surface area (Å²) in [6, 6.07) is 6.24. The molecule has 1 aromatic carbocycles. The molecule has 132 valence electrons. The molecule has 0 heterocycles. The molecule has 1 atom stereocenters. The fraction of sp³-hybridized carbons (Fsp3) is 0.438. The number of nitrogens with two attached hydrogens (primary N) is 1. The Morgan fingerprint density at radius 1 is 1.25 bits per heavy atom. The average molecular weight is 335 g/mol. The number of anilines is 1. The molecule has 8 nitrogen and oxygen atoms in total. The average Bonchev–Trinajstić information content (AvgIpc) is 2.51. The lowest BCUT2D eigenvalue weighted by Gasteiger charge is -2.16. The molecular formula is C16H25N5O3. The number of benzene rings is 1. The van der Waals surface area contributed by atoms with Crippen LogP contribution in [0.5, 0.6) is 0 Å². The van der Waals surface area contributed by atoms with Gasteiger partial charge in [0.2, 0.25) is 12.3 Å². The second kappa shape index (κ2) is 10.2. The van der Waals surface area contributed by atoms with E-state index in [4.69, 9.17) is 5.73 Å². The van der Waals surface area contributed by atoms with E-state index < -0.39 is 12.1 Å². The highest BCUT2D eigenvalue weighted by Gasteiger charge is 2.17. The second-order valence-electron chi connectivity index (χ2n) is 5.69. The summed E-state index contributed by atoms with van der Waals surface area (Å²) in [5.74, 6) is -0.304. The molecule has 4 amide bonds. The van der Waals surface area contributed by atoms with Gasteiger partial charge in [0.15, 0.2) is 0 Å². The van der Waals surface area contributed by atoms with Crippen LogP contribution in [0.15, 0.2) is 24.3 Å². The Morgan fingerprint density at radius 2 is 1.92 bits per heavy atom. The van der Waals surface area contributed by atoms with Crippen LogP contribution < -0.4 is 21.7 Å². The van der Waals surface area contributed by atoms with E-state index >= 15 is 0 Å². The Labute approximate surface area is 141 Å². The summed E-state index contributed by atoms with van der Waals surface area (Å²) in [5.41, 5.74) is 6.77. The van der Waals surface area contributed by atoms with Crippen molar-refractivity contribution in [2.45, 2.75) is 25.4 Å². The maximum atomic E-state index is 12.2. The van der Waals surface area contributed by atoms with Crippen molar-refractivity contribution in [1.82, 2.24) is 15.5 Å². The third-order valence-electron chi connectivity index (χ3n) is 3.27. The van der Waals surface area contributed by atoms with Crippen molar-refractivity contribution in [2.75, 3.05) is 26.0 Å². The van der Waals surface area contributed by atoms with Crippen LogP contribution >= 0.6 is 0 Å². The van der Waals surface area contributed by atoms with Gasteiger partial charge in [-0.3, -0.25) is 9.59 Å². The molecule has 0 aliphatic heterocycles. The highest BCUT2D eigenvalue weighted by molar-refractivity contribution is 5.95. The maximum absolute atomic E-state index is 12.2. The number of amides is 4. The van der Waals surface area contributed by atoms with E-state index in [1.807, 2.05) is 38.4 Å². The molecule has 1 aromatic rings. The quantitative estimate of drug-likeness (QED) is 0.362. The lowest BCUT2D eigenvalue weighted by Crippen LogP contribution is -2.40. The Kier molecular flexibility index (Phi) is 8.28. The summed E-state index contributed by atoms with van der Waals surface area (Å²) in [6.45, 7) is 1.16. The van der Waals surface area contributed by atoms with Crippen LogP contribution in [-0.2, 0) is 16.1 Å². The molecule has 0 bridgehead atoms. The van der Waals surface area contributed by atoms with Gasteiger partial charge < -0.3 is 26.6 Å². The number of urea groups is 1. The number of nitrogens with one attached hydrogen (secondary N) is 3. The van der Waals surface area contributed by atoms with Crippen molar-refractivity contribution in [1.29, 1.82) is 0 Å². The summed E-state index contributed by atoms with van der Waals surface area (Å²) in [4.78, 5) is 35.6. The first-order valence-corrected chi connectivity index (χ1v) is 7.70. The number of carbonyl (C=O) groups excluding carboxylic acids is 3. The minimum absolute atomic E-state index is 0.304. The van der Waals surface area contributed by atoms with Gasteiger partial charge >= 0.3 is 6.03 Å². The third kappa shape index (κ3) is 7.59. The van der Waals surface area contributed by atoms with Crippen LogP contribution in [0.25, 0.3) is 0 Å². The molecule has 1 rings (SSSR count). The first-order chi connectivity index (χ1) is 11.4. The van der Waals surface area contributed by atoms with E-state index in [1.165, 1.54) is 0 Å². The number of nitrogens with zero attached hydrogens (tertiary/aromatic N) is 1. The van der Waals surface area contributed by atoms with Crippen molar-refractivity contribution < 1.29 is 14.4 Å². The van der Waals surface area contributed by atoms with E-state index in [9.17, 15) is 14.4 Å². The van der Waals surface area contributed by atoms with E-state index in [-0.39, 0.29) is 5.91 Å². The lowest BCUT2D eigenvalue weighted by molar-refractivity contribution is -0.121. The van der Waals surface area contributed by atoms with Crippen LogP contribution in [0.3, 0.4) is 0 Å². The lowest BCUT2D eigenvalue weighted by atomic mass is 10.1. The molecule has 0 aromatic heterocycles. The monoisotopic (exact) mass is 335 g/mol. The maximum Gasteiger partial charge on any atom is 0.312 e. The number of primary amides is 1. The summed E-state index contributed by atoms with van der Waals surface area (Å²) in [7, 11) is 3.97. The van der Waals surface area contributed by atoms with Crippen LogP contribution in [-0.4, -0.2) is 49.9 Å². The Balaban J connectivity index is 2.54. The molecule has 5 N–H and O–H groups in total. The largest absolute Gasteiger partial charge is 0.352 e. The summed E-state index contributed by atoms with van der Waals surface area (Å²) in [5, 5.41) is 7.70. The molecule has 0 aliphatic carbocycles. The molecule has 0 unspecified atom stereocenters. The van der Waals surface area contributed by atoms with Gasteiger partial charge in [0.1, 0.15) is 6.04 Å². The SMILES string of the molecule is CN(C)Cc1ccc(NC(=O)[C@H](CCCNC(N)=O)NC=O)cc1. The van der Waals surface area contributed by atoms with Gasteiger partial charge in [-0.2, -0.15) is 0 Å². The van der Waals surface area contributed by atoms with Crippen molar-refractivity contribution in [3.63, 3.8) is 0 Å². The van der Waals surface area contributed by atoms with Gasteiger partial charge in [0.25, 0.3) is 0 Å². The first kappa shape index (κ1) is 19.4. The topological polar surface area (TPSA) is 117 Å². The molecule has 0 fully saturated rings. The van der Waals surface area contributed by atoms with E-state index in [1.54, 1.807) is 0 Å². The van der Waals surface area contributed by atoms with E-state index in [0.717, 1.165) is 12.1 Å². The third-order valence-corrected chi connectivity index (χ3v) is 3.27. The predicted octanol–water partition coefficient (Wildman–Crippen LogP) is 0.250. The molecule has 24 heavy (non-hydrogen) atoms. The first-order valence-electron chi connectivity index (χ1n) is 7.70. The van der Waals surface area contributed by atoms with Crippen LogP contribution in [0, 0.1) is 0 Å². The van der Waals surface area contributed by atoms with Gasteiger partial charge in [0.05, 0.1) is 0 Å². The summed E-state index contributed by atoms with van der Waals surface area (Å²) in [6.07, 6.45) is 1.40. The highest BCUT2D eigenvalue weighted by Crippen LogP contribution is 2.11. The summed E-state index contributed by atoms with van der Waals surface area (Å²) < 4.78 is 0. The van der Waals surface area contributed by atoms with Gasteiger partial charge in [-0.1, -0.05) is 12.1 Å². The fourth-order valence-corrected chi connectivity index (χ4v) is 2.18.